The molecule has 0 aromatic rings. The van der Waals surface area contributed by atoms with E-state index in [0.717, 1.165) is 0 Å². The first-order valence-corrected chi connectivity index (χ1v) is 47.3. The SMILES string of the molecule is CC(C)(C)[O-].CC(C)(C)[O-].CC(C)(C)[O-].CC(C)(C)[O-].CCCC[N+](CCCC)(CCCC)CCCC.CCCC[N+](CCCC)(CCCC)CCCC.CCCC[N+](CCCC)(CCCC)CCCC.CCCC[N+](CCCC)(CCCC)CCCC.CCCC[N+](CCCC)(CCCC)CCCC.[F-]. The van der Waals surface area contributed by atoms with E-state index in [2.05, 4.69) is 138 Å². The van der Waals surface area contributed by atoms with E-state index in [4.69, 9.17) is 0 Å². The van der Waals surface area contributed by atoms with Crippen LogP contribution >= 0.6 is 0 Å². The number of nitrogens with zero attached hydrogens (tertiary/aromatic N) is 5. The maximum Gasteiger partial charge on any atom is 0.0786 e. The summed E-state index contributed by atoms with van der Waals surface area (Å²) in [7, 11) is 0. The van der Waals surface area contributed by atoms with Gasteiger partial charge in [0.15, 0.2) is 0 Å². The van der Waals surface area contributed by atoms with E-state index >= 15 is 0 Å². The minimum absolute atomic E-state index is 0. The van der Waals surface area contributed by atoms with Gasteiger partial charge < -0.3 is 47.5 Å². The number of quaternary nitrogens is 5. The topological polar surface area (TPSA) is 92.2 Å². The fourth-order valence-electron chi connectivity index (χ4n) is 13.2. The zero-order chi connectivity index (χ0) is 82.9. The minimum Gasteiger partial charge on any atom is -1.00 e. The third kappa shape index (κ3) is 110. The summed E-state index contributed by atoms with van der Waals surface area (Å²) in [5, 5.41) is 40.4. The summed E-state index contributed by atoms with van der Waals surface area (Å²) in [5.41, 5.74) is -3.00. The van der Waals surface area contributed by atoms with Crippen LogP contribution in [0.4, 0.5) is 0 Å². The molecule has 9 nitrogen and oxygen atoms in total. The van der Waals surface area contributed by atoms with Gasteiger partial charge in [-0.3, -0.25) is 0 Å². The highest BCUT2D eigenvalue weighted by molar-refractivity contribution is 4.56. The van der Waals surface area contributed by atoms with Crippen molar-refractivity contribution in [3.05, 3.63) is 0 Å². The lowest BCUT2D eigenvalue weighted by atomic mass is 10.1. The van der Waals surface area contributed by atoms with Gasteiger partial charge in [-0.15, -0.1) is 22.4 Å². The molecule has 0 radical (unpaired) electrons. The van der Waals surface area contributed by atoms with E-state index in [1.807, 2.05) is 0 Å². The Morgan fingerprint density at radius 1 is 0.132 bits per heavy atom. The molecule has 0 saturated carbocycles. The van der Waals surface area contributed by atoms with E-state index in [9.17, 15) is 20.4 Å². The standard InChI is InChI=1S/5C16H36N.4C4H9O.FH/c5*1-5-9-13-17(14-10-6-2,15-11-7-3)16-12-8-4;4*1-4(2,3)5;/h5*5-16H2,1-4H3;4*1-3H3;1H/q5*+1;4*-1;/p-1. The van der Waals surface area contributed by atoms with Gasteiger partial charge >= 0.3 is 0 Å². The van der Waals surface area contributed by atoms with Crippen LogP contribution in [0.2, 0.25) is 0 Å². The Hall–Kier alpha value is -0.430. The molecule has 10 heteroatoms. The lowest BCUT2D eigenvalue weighted by Crippen LogP contribution is -3.00. The van der Waals surface area contributed by atoms with Crippen LogP contribution in [0.3, 0.4) is 0 Å². The van der Waals surface area contributed by atoms with Gasteiger partial charge in [0, 0.05) is 0 Å². The second-order valence-corrected chi connectivity index (χ2v) is 36.7. The Morgan fingerprint density at radius 2 is 0.170 bits per heavy atom. The molecule has 0 spiro atoms. The van der Waals surface area contributed by atoms with Crippen LogP contribution in [-0.4, -0.2) is 176 Å². The molecular weight excluding hydrogens is 1310 g/mol. The predicted molar refractivity (Wildman–Crippen MR) is 476 cm³/mol. The van der Waals surface area contributed by atoms with Gasteiger partial charge in [0.1, 0.15) is 0 Å². The summed E-state index contributed by atoms with van der Waals surface area (Å²) in [6, 6.07) is 0. The quantitative estimate of drug-likeness (QED) is 0.0567. The Balaban J connectivity index is -0.000000127. The van der Waals surface area contributed by atoms with Crippen molar-refractivity contribution in [2.45, 2.75) is 501 Å². The maximum absolute atomic E-state index is 10.1. The highest BCUT2D eigenvalue weighted by atomic mass is 19.0. The summed E-state index contributed by atoms with van der Waals surface area (Å²) < 4.78 is 7.10. The van der Waals surface area contributed by atoms with Crippen LogP contribution in [-0.2, 0) is 0 Å². The molecule has 0 heterocycles. The van der Waals surface area contributed by atoms with Gasteiger partial charge in [0.05, 0.1) is 131 Å². The second kappa shape index (κ2) is 87.0. The fourth-order valence-corrected chi connectivity index (χ4v) is 13.2. The summed E-state index contributed by atoms with van der Waals surface area (Å²) in [4.78, 5) is 0. The molecule has 0 unspecified atom stereocenters. The smallest absolute Gasteiger partial charge is 0.0786 e. The van der Waals surface area contributed by atoms with E-state index in [-0.39, 0.29) is 4.70 Å². The minimum atomic E-state index is -0.750. The van der Waals surface area contributed by atoms with Crippen LogP contribution in [0.15, 0.2) is 0 Å². The monoisotopic (exact) mass is 1520 g/mol. The molecule has 0 aromatic heterocycles. The van der Waals surface area contributed by atoms with Gasteiger partial charge in [-0.25, -0.2) is 0 Å². The van der Waals surface area contributed by atoms with Crippen molar-refractivity contribution in [2.24, 2.45) is 0 Å². The molecule has 0 fully saturated rings. The largest absolute Gasteiger partial charge is 1.00 e. The maximum atomic E-state index is 10.1. The lowest BCUT2D eigenvalue weighted by molar-refractivity contribution is -0.929. The van der Waals surface area contributed by atoms with Crippen molar-refractivity contribution >= 4 is 0 Å². The van der Waals surface area contributed by atoms with Gasteiger partial charge in [0.25, 0.3) is 0 Å². The second-order valence-electron chi connectivity index (χ2n) is 36.7. The van der Waals surface area contributed by atoms with Gasteiger partial charge in [0.2, 0.25) is 0 Å². The van der Waals surface area contributed by atoms with E-state index < -0.39 is 22.4 Å². The Bertz CT molecular complexity index is 1100. The van der Waals surface area contributed by atoms with Crippen molar-refractivity contribution in [3.8, 4) is 0 Å². The highest BCUT2D eigenvalue weighted by Crippen LogP contribution is 2.22. The average molecular weight is 1520 g/mol. The Morgan fingerprint density at radius 3 is 0.198 bits per heavy atom. The normalized spacial score (nSPS) is 11.9. The molecule has 0 atom stereocenters. The average Bonchev–Trinajstić information content (AvgIpc) is 0.909. The number of rotatable bonds is 60. The van der Waals surface area contributed by atoms with Crippen molar-refractivity contribution in [1.82, 2.24) is 0 Å². The summed E-state index contributed by atoms with van der Waals surface area (Å²) in [6.07, 6.45) is 55.3. The van der Waals surface area contributed by atoms with Crippen LogP contribution in [0.1, 0.15) is 478 Å². The van der Waals surface area contributed by atoms with Crippen molar-refractivity contribution in [3.63, 3.8) is 0 Å². The summed E-state index contributed by atoms with van der Waals surface area (Å²) in [5.74, 6) is 0. The highest BCUT2D eigenvalue weighted by Gasteiger charge is 2.29. The third-order valence-electron chi connectivity index (χ3n) is 19.7. The first-order valence-electron chi connectivity index (χ1n) is 47.3. The molecule has 0 aromatic carbocycles. The van der Waals surface area contributed by atoms with Gasteiger partial charge in [-0.1, -0.05) is 350 Å². The van der Waals surface area contributed by atoms with Crippen LogP contribution < -0.4 is 25.1 Å². The van der Waals surface area contributed by atoms with Gasteiger partial charge in [-0.05, 0) is 128 Å². The number of hydrogen-bond acceptors (Lipinski definition) is 4. The molecule has 0 aliphatic carbocycles. The Kier molecular flexibility index (Phi) is 104. The Labute approximate surface area is 675 Å². The zero-order valence-corrected chi connectivity index (χ0v) is 80.7. The summed E-state index contributed by atoms with van der Waals surface area (Å²) >= 11 is 0. The number of unbranched alkanes of at least 4 members (excludes halogenated alkanes) is 20. The molecule has 106 heavy (non-hydrogen) atoms. The lowest BCUT2D eigenvalue weighted by Gasteiger charge is -2.39. The number of hydrogen-bond donors (Lipinski definition) is 0. The fraction of sp³-hybridized carbons (Fsp3) is 1.00. The molecule has 0 aliphatic rings. The van der Waals surface area contributed by atoms with Crippen LogP contribution in [0.25, 0.3) is 0 Å². The molecule has 656 valence electrons. The van der Waals surface area contributed by atoms with Crippen molar-refractivity contribution in [2.75, 3.05) is 131 Å². The number of halogens is 1. The van der Waals surface area contributed by atoms with Crippen LogP contribution in [0.5, 0.6) is 0 Å². The van der Waals surface area contributed by atoms with E-state index in [0.29, 0.717) is 0 Å². The molecule has 0 saturated heterocycles. The summed E-state index contributed by atoms with van der Waals surface area (Å²) in [6.45, 7) is 94.7. The van der Waals surface area contributed by atoms with Crippen molar-refractivity contribution in [1.29, 1.82) is 0 Å². The molecule has 0 N–H and O–H groups in total. The molecule has 0 amide bonds. The van der Waals surface area contributed by atoms with E-state index in [1.54, 1.807) is 83.1 Å². The van der Waals surface area contributed by atoms with Gasteiger partial charge in [-0.2, -0.15) is 0 Å². The van der Waals surface area contributed by atoms with Crippen molar-refractivity contribution < 1.29 is 47.5 Å². The van der Waals surface area contributed by atoms with Crippen LogP contribution in [0, 0.1) is 0 Å². The first kappa shape index (κ1) is 126. The predicted octanol–water partition coefficient (Wildman–Crippen LogP) is 22.6. The van der Waals surface area contributed by atoms with E-state index in [1.165, 1.54) is 410 Å². The molecule has 0 aliphatic heterocycles. The third-order valence-corrected chi connectivity index (χ3v) is 19.7. The zero-order valence-electron chi connectivity index (χ0n) is 80.7. The molecule has 0 bridgehead atoms. The first-order chi connectivity index (χ1) is 49.2. The molecule has 0 rings (SSSR count). The molecular formula is C96H216FN5O4.